The lowest BCUT2D eigenvalue weighted by Gasteiger charge is -2.28. The standard InChI is InChI=1S/C14H28N2O2/c1-3-12-6-8-15-13(9-12)14(18)16-7-4-5-11(2)10-17/h11-13,15,17H,3-10H2,1-2H3,(H,16,18). The van der Waals surface area contributed by atoms with Gasteiger partial charge in [-0.25, -0.2) is 0 Å². The van der Waals surface area contributed by atoms with E-state index in [9.17, 15) is 4.79 Å². The summed E-state index contributed by atoms with van der Waals surface area (Å²) >= 11 is 0. The molecule has 0 bridgehead atoms. The molecule has 0 aromatic carbocycles. The largest absolute Gasteiger partial charge is 0.396 e. The zero-order valence-electron chi connectivity index (χ0n) is 11.7. The van der Waals surface area contributed by atoms with Crippen LogP contribution in [0.4, 0.5) is 0 Å². The fourth-order valence-corrected chi connectivity index (χ4v) is 2.44. The summed E-state index contributed by atoms with van der Waals surface area (Å²) < 4.78 is 0. The maximum Gasteiger partial charge on any atom is 0.237 e. The Balaban J connectivity index is 2.16. The van der Waals surface area contributed by atoms with Gasteiger partial charge >= 0.3 is 0 Å². The third-order valence-electron chi connectivity index (χ3n) is 3.89. The van der Waals surface area contributed by atoms with E-state index in [0.29, 0.717) is 11.8 Å². The van der Waals surface area contributed by atoms with Gasteiger partial charge in [0.15, 0.2) is 0 Å². The van der Waals surface area contributed by atoms with Crippen LogP contribution in [0.1, 0.15) is 46.0 Å². The minimum Gasteiger partial charge on any atom is -0.396 e. The first kappa shape index (κ1) is 15.4. The lowest BCUT2D eigenvalue weighted by molar-refractivity contribution is -0.124. The van der Waals surface area contributed by atoms with Gasteiger partial charge in [-0.2, -0.15) is 0 Å². The summed E-state index contributed by atoms with van der Waals surface area (Å²) in [5, 5.41) is 15.2. The summed E-state index contributed by atoms with van der Waals surface area (Å²) in [4.78, 5) is 12.0. The molecule has 1 saturated heterocycles. The molecule has 0 radical (unpaired) electrons. The fraction of sp³-hybridized carbons (Fsp3) is 0.929. The topological polar surface area (TPSA) is 61.4 Å². The molecule has 18 heavy (non-hydrogen) atoms. The molecule has 0 saturated carbocycles. The van der Waals surface area contributed by atoms with Gasteiger partial charge < -0.3 is 15.7 Å². The molecule has 0 aliphatic carbocycles. The molecular weight excluding hydrogens is 228 g/mol. The maximum absolute atomic E-state index is 12.0. The molecule has 3 unspecified atom stereocenters. The van der Waals surface area contributed by atoms with E-state index in [1.165, 1.54) is 12.8 Å². The highest BCUT2D eigenvalue weighted by molar-refractivity contribution is 5.81. The van der Waals surface area contributed by atoms with Crippen molar-refractivity contribution in [3.8, 4) is 0 Å². The molecule has 3 atom stereocenters. The molecule has 1 rings (SSSR count). The van der Waals surface area contributed by atoms with E-state index in [1.807, 2.05) is 6.92 Å². The first-order valence-corrected chi connectivity index (χ1v) is 7.29. The molecule has 3 N–H and O–H groups in total. The zero-order valence-corrected chi connectivity index (χ0v) is 11.7. The van der Waals surface area contributed by atoms with E-state index in [1.54, 1.807) is 0 Å². The quantitative estimate of drug-likeness (QED) is 0.602. The van der Waals surface area contributed by atoms with E-state index in [4.69, 9.17) is 5.11 Å². The number of hydrogen-bond donors (Lipinski definition) is 3. The summed E-state index contributed by atoms with van der Waals surface area (Å²) in [5.74, 6) is 1.17. The van der Waals surface area contributed by atoms with Crippen LogP contribution >= 0.6 is 0 Å². The highest BCUT2D eigenvalue weighted by Gasteiger charge is 2.25. The van der Waals surface area contributed by atoms with E-state index < -0.39 is 0 Å². The van der Waals surface area contributed by atoms with Crippen molar-refractivity contribution in [1.29, 1.82) is 0 Å². The van der Waals surface area contributed by atoms with Crippen molar-refractivity contribution in [2.24, 2.45) is 11.8 Å². The Labute approximate surface area is 111 Å². The minimum absolute atomic E-state index is 0.000958. The van der Waals surface area contributed by atoms with Crippen LogP contribution in [0.5, 0.6) is 0 Å². The Bertz CT molecular complexity index is 246. The van der Waals surface area contributed by atoms with Gasteiger partial charge in [-0.15, -0.1) is 0 Å². The molecule has 0 aromatic rings. The zero-order chi connectivity index (χ0) is 13.4. The highest BCUT2D eigenvalue weighted by Crippen LogP contribution is 2.19. The number of amides is 1. The Hall–Kier alpha value is -0.610. The SMILES string of the molecule is CCC1CCNC(C(=O)NCCCC(C)CO)C1. The van der Waals surface area contributed by atoms with Gasteiger partial charge in [-0.1, -0.05) is 20.3 Å². The number of piperidine rings is 1. The van der Waals surface area contributed by atoms with Crippen LogP contribution in [0, 0.1) is 11.8 Å². The summed E-state index contributed by atoms with van der Waals surface area (Å²) in [6.07, 6.45) is 5.23. The molecule has 1 aliphatic heterocycles. The van der Waals surface area contributed by atoms with E-state index >= 15 is 0 Å². The lowest BCUT2D eigenvalue weighted by Crippen LogP contribution is -2.48. The Morgan fingerprint density at radius 2 is 2.33 bits per heavy atom. The maximum atomic E-state index is 12.0. The van der Waals surface area contributed by atoms with Crippen LogP contribution in [0.25, 0.3) is 0 Å². The van der Waals surface area contributed by atoms with Crippen LogP contribution in [-0.4, -0.2) is 36.8 Å². The molecule has 1 heterocycles. The highest BCUT2D eigenvalue weighted by atomic mass is 16.3. The second-order valence-electron chi connectivity index (χ2n) is 5.53. The van der Waals surface area contributed by atoms with Gasteiger partial charge in [-0.3, -0.25) is 4.79 Å². The molecule has 0 spiro atoms. The molecule has 1 aliphatic rings. The average molecular weight is 256 g/mol. The first-order valence-electron chi connectivity index (χ1n) is 7.29. The molecular formula is C14H28N2O2. The molecule has 4 heteroatoms. The van der Waals surface area contributed by atoms with E-state index in [0.717, 1.165) is 32.4 Å². The second kappa shape index (κ2) is 8.48. The van der Waals surface area contributed by atoms with Crippen LogP contribution in [0.15, 0.2) is 0 Å². The molecule has 4 nitrogen and oxygen atoms in total. The fourth-order valence-electron chi connectivity index (χ4n) is 2.44. The third kappa shape index (κ3) is 5.36. The van der Waals surface area contributed by atoms with Gasteiger partial charge in [0.25, 0.3) is 0 Å². The third-order valence-corrected chi connectivity index (χ3v) is 3.89. The molecule has 0 aromatic heterocycles. The van der Waals surface area contributed by atoms with E-state index in [-0.39, 0.29) is 18.6 Å². The minimum atomic E-state index is -0.000958. The molecule has 1 amide bonds. The van der Waals surface area contributed by atoms with Gasteiger partial charge in [0.1, 0.15) is 0 Å². The number of aliphatic hydroxyl groups is 1. The number of carbonyl (C=O) groups excluding carboxylic acids is 1. The van der Waals surface area contributed by atoms with Gasteiger partial charge in [0.2, 0.25) is 5.91 Å². The van der Waals surface area contributed by atoms with Gasteiger partial charge in [0.05, 0.1) is 6.04 Å². The number of carbonyl (C=O) groups is 1. The smallest absolute Gasteiger partial charge is 0.237 e. The van der Waals surface area contributed by atoms with Crippen molar-refractivity contribution < 1.29 is 9.90 Å². The average Bonchev–Trinajstić information content (AvgIpc) is 2.43. The number of rotatable bonds is 7. The summed E-state index contributed by atoms with van der Waals surface area (Å²) in [6, 6.07) is -0.000958. The van der Waals surface area contributed by atoms with Crippen molar-refractivity contribution in [3.63, 3.8) is 0 Å². The Morgan fingerprint density at radius 1 is 1.56 bits per heavy atom. The van der Waals surface area contributed by atoms with E-state index in [2.05, 4.69) is 17.6 Å². The second-order valence-corrected chi connectivity index (χ2v) is 5.53. The predicted octanol–water partition coefficient (Wildman–Crippen LogP) is 1.29. The van der Waals surface area contributed by atoms with Crippen molar-refractivity contribution in [2.45, 2.75) is 52.0 Å². The van der Waals surface area contributed by atoms with Crippen molar-refractivity contribution in [3.05, 3.63) is 0 Å². The van der Waals surface area contributed by atoms with Crippen molar-refractivity contribution in [1.82, 2.24) is 10.6 Å². The van der Waals surface area contributed by atoms with Crippen LogP contribution in [-0.2, 0) is 4.79 Å². The monoisotopic (exact) mass is 256 g/mol. The number of nitrogens with one attached hydrogen (secondary N) is 2. The van der Waals surface area contributed by atoms with Crippen molar-refractivity contribution in [2.75, 3.05) is 19.7 Å². The Morgan fingerprint density at radius 3 is 3.00 bits per heavy atom. The normalized spacial score (nSPS) is 25.7. The van der Waals surface area contributed by atoms with Gasteiger partial charge in [-0.05, 0) is 44.1 Å². The summed E-state index contributed by atoms with van der Waals surface area (Å²) in [7, 11) is 0. The Kier molecular flexibility index (Phi) is 7.28. The molecule has 1 fully saturated rings. The predicted molar refractivity (Wildman–Crippen MR) is 73.3 cm³/mol. The van der Waals surface area contributed by atoms with Crippen LogP contribution < -0.4 is 10.6 Å². The number of hydrogen-bond acceptors (Lipinski definition) is 3. The van der Waals surface area contributed by atoms with Gasteiger partial charge in [0, 0.05) is 13.2 Å². The summed E-state index contributed by atoms with van der Waals surface area (Å²) in [5.41, 5.74) is 0. The summed E-state index contributed by atoms with van der Waals surface area (Å²) in [6.45, 7) is 6.13. The van der Waals surface area contributed by atoms with Crippen molar-refractivity contribution >= 4 is 5.91 Å². The lowest BCUT2D eigenvalue weighted by atomic mass is 9.90. The van der Waals surface area contributed by atoms with Crippen LogP contribution in [0.2, 0.25) is 0 Å². The first-order chi connectivity index (χ1) is 8.67. The number of aliphatic hydroxyl groups excluding tert-OH is 1. The van der Waals surface area contributed by atoms with Crippen LogP contribution in [0.3, 0.4) is 0 Å². The molecule has 106 valence electrons.